The van der Waals surface area contributed by atoms with E-state index in [9.17, 15) is 101 Å². The number of alkyl halides is 20. The molecule has 0 radical (unpaired) electrons. The highest BCUT2D eigenvalue weighted by molar-refractivity contribution is 7.90. The number of hydrogen-bond donors (Lipinski definition) is 1. The first-order chi connectivity index (χ1) is 15.5. The first-order valence-electron chi connectivity index (χ1n) is 7.29. The molecule has 0 aliphatic rings. The zero-order valence-electron chi connectivity index (χ0n) is 15.5. The third-order valence-corrected chi connectivity index (χ3v) is 4.25. The van der Waals surface area contributed by atoms with Gasteiger partial charge in [-0.3, -0.25) is 14.3 Å². The van der Waals surface area contributed by atoms with Crippen molar-refractivity contribution in [2.24, 2.45) is 0 Å². The Bertz CT molecular complexity index is 962. The molecule has 0 heterocycles. The monoisotopic (exact) mass is 627 g/mol. The Morgan fingerprint density at radius 1 is 0.541 bits per heavy atom. The Kier molecular flexibility index (Phi) is 8.51. The largest absolute Gasteiger partial charge is 0.516 e. The van der Waals surface area contributed by atoms with Gasteiger partial charge in [0.2, 0.25) is 0 Å². The highest BCUT2D eigenvalue weighted by atomic mass is 32.2. The molecule has 0 aliphatic heterocycles. The van der Waals surface area contributed by atoms with Crippen LogP contribution in [0, 0.1) is 0 Å². The number of ether oxygens (including phenoxy) is 2. The van der Waals surface area contributed by atoms with E-state index in [1.807, 2.05) is 0 Å². The van der Waals surface area contributed by atoms with Gasteiger partial charge in [-0.2, -0.15) is 96.2 Å². The van der Waals surface area contributed by atoms with Crippen LogP contribution in [-0.2, 0) is 24.3 Å². The third kappa shape index (κ3) is 6.17. The Morgan fingerprint density at radius 3 is 1.19 bits per heavy atom. The highest BCUT2D eigenvalue weighted by Crippen LogP contribution is 2.56. The lowest BCUT2D eigenvalue weighted by atomic mass is 10.2. The fourth-order valence-electron chi connectivity index (χ4n) is 1.41. The molecular weight excluding hydrogens is 626 g/mol. The molecule has 37 heavy (non-hydrogen) atoms. The van der Waals surface area contributed by atoms with Crippen LogP contribution >= 0.6 is 0 Å². The molecule has 0 aliphatic carbocycles. The molecule has 0 aromatic carbocycles. The number of hydrogen-bond acceptors (Lipinski definition) is 5. The van der Waals surface area contributed by atoms with Crippen molar-refractivity contribution in [1.82, 2.24) is 4.72 Å². The Hall–Kier alpha value is -2.06. The average molecular weight is 627 g/mol. The second-order valence-corrected chi connectivity index (χ2v) is 7.55. The fourth-order valence-corrected chi connectivity index (χ4v) is 1.90. The van der Waals surface area contributed by atoms with Crippen LogP contribution in [0.15, 0.2) is 0 Å². The molecule has 2 unspecified atom stereocenters. The van der Waals surface area contributed by atoms with Crippen LogP contribution < -0.4 is 4.72 Å². The predicted molar refractivity (Wildman–Crippen MR) is 66.0 cm³/mol. The van der Waals surface area contributed by atoms with Crippen LogP contribution in [0.4, 0.5) is 87.8 Å². The van der Waals surface area contributed by atoms with Crippen molar-refractivity contribution < 1.29 is 110 Å². The zero-order valence-corrected chi connectivity index (χ0v) is 16.3. The van der Waals surface area contributed by atoms with Crippen LogP contribution in [0.1, 0.15) is 0 Å². The molecule has 0 spiro atoms. The lowest BCUT2D eigenvalue weighted by molar-refractivity contribution is -0.548. The molecular formula is C10HF20NO5S. The minimum Gasteiger partial charge on any atom is -0.267 e. The van der Waals surface area contributed by atoms with Crippen LogP contribution in [0.5, 0.6) is 0 Å². The van der Waals surface area contributed by atoms with E-state index in [2.05, 4.69) is 0 Å². The second-order valence-electron chi connectivity index (χ2n) is 5.88. The van der Waals surface area contributed by atoms with Gasteiger partial charge in [-0.05, 0) is 0 Å². The van der Waals surface area contributed by atoms with E-state index in [1.165, 1.54) is 4.74 Å². The number of carbonyl (C=O) groups is 1. The molecule has 0 aromatic heterocycles. The molecule has 1 N–H and O–H groups in total. The normalized spacial score (nSPS) is 18.7. The summed E-state index contributed by atoms with van der Waals surface area (Å²) in [5, 5.41) is 0. The lowest BCUT2D eigenvalue weighted by Gasteiger charge is -2.40. The standard InChI is InChI=1S/C10HF20NO5S/c11-2(5(15,16)17,1(32)31-37(33,34)10(28,29)30)35-9(26,27)4(14,7(21,22)23)36-8(24,25)3(12,13)6(18,19)20/h(H,31,32). The summed E-state index contributed by atoms with van der Waals surface area (Å²) in [6, 6.07) is 0. The molecule has 2 atom stereocenters. The van der Waals surface area contributed by atoms with Gasteiger partial charge in [-0.1, -0.05) is 0 Å². The average Bonchev–Trinajstić information content (AvgIpc) is 2.56. The summed E-state index contributed by atoms with van der Waals surface area (Å²) >= 11 is 0. The van der Waals surface area contributed by atoms with Crippen LogP contribution in [-0.4, -0.2) is 68.2 Å². The van der Waals surface area contributed by atoms with Crippen molar-refractivity contribution in [2.75, 3.05) is 0 Å². The fraction of sp³-hybridized carbons (Fsp3) is 0.900. The number of carbonyl (C=O) groups excluding carboxylic acids is 1. The SMILES string of the molecule is O=C(NS(=O)(=O)C(F)(F)F)C(F)(OC(F)(F)C(F)(OC(F)(F)C(F)(F)C(F)(F)F)C(F)(F)F)C(F)(F)F. The summed E-state index contributed by atoms with van der Waals surface area (Å²) in [6.07, 6.45) is -40.3. The van der Waals surface area contributed by atoms with Gasteiger partial charge in [0.05, 0.1) is 0 Å². The molecule has 0 bridgehead atoms. The molecule has 27 heteroatoms. The molecule has 0 saturated heterocycles. The minimum atomic E-state index is -8.41. The van der Waals surface area contributed by atoms with Crippen molar-refractivity contribution >= 4 is 15.9 Å². The highest BCUT2D eigenvalue weighted by Gasteiger charge is 2.85. The Morgan fingerprint density at radius 2 is 0.919 bits per heavy atom. The molecule has 1 amide bonds. The Balaban J connectivity index is 6.94. The van der Waals surface area contributed by atoms with Crippen LogP contribution in [0.2, 0.25) is 0 Å². The van der Waals surface area contributed by atoms with Gasteiger partial charge >= 0.3 is 69.8 Å². The molecule has 6 nitrogen and oxygen atoms in total. The summed E-state index contributed by atoms with van der Waals surface area (Å²) in [4.78, 5) is 11.0. The minimum absolute atomic E-state index is 1.06. The van der Waals surface area contributed by atoms with Gasteiger partial charge in [-0.15, -0.1) is 0 Å². The van der Waals surface area contributed by atoms with E-state index in [0.717, 1.165) is 4.74 Å². The quantitative estimate of drug-likeness (QED) is 0.391. The second kappa shape index (κ2) is 9.01. The summed E-state index contributed by atoms with van der Waals surface area (Å²) in [7, 11) is -7.58. The molecule has 0 aromatic rings. The summed E-state index contributed by atoms with van der Waals surface area (Å²) in [5.74, 6) is -28.9. The smallest absolute Gasteiger partial charge is 0.267 e. The van der Waals surface area contributed by atoms with E-state index in [0.29, 0.717) is 0 Å². The maximum Gasteiger partial charge on any atom is 0.516 e. The van der Waals surface area contributed by atoms with Gasteiger partial charge in [0.15, 0.2) is 0 Å². The maximum atomic E-state index is 13.9. The van der Waals surface area contributed by atoms with Crippen molar-refractivity contribution in [2.45, 2.75) is 53.9 Å². The predicted octanol–water partition coefficient (Wildman–Crippen LogP) is 4.82. The zero-order chi connectivity index (χ0) is 30.7. The number of halogens is 20. The van der Waals surface area contributed by atoms with E-state index < -0.39 is 74.5 Å². The molecule has 0 rings (SSSR count). The topological polar surface area (TPSA) is 81.7 Å². The van der Waals surface area contributed by atoms with E-state index in [4.69, 9.17) is 0 Å². The van der Waals surface area contributed by atoms with Crippen molar-refractivity contribution in [3.8, 4) is 0 Å². The summed E-state index contributed by atoms with van der Waals surface area (Å²) in [5.41, 5.74) is -6.91. The Labute approximate surface area is 186 Å². The first kappa shape index (κ1) is 34.9. The molecule has 0 saturated carbocycles. The van der Waals surface area contributed by atoms with Crippen molar-refractivity contribution in [3.63, 3.8) is 0 Å². The summed E-state index contributed by atoms with van der Waals surface area (Å²) < 4.78 is 277. The van der Waals surface area contributed by atoms with Crippen molar-refractivity contribution in [1.29, 1.82) is 0 Å². The summed E-state index contributed by atoms with van der Waals surface area (Å²) in [6.45, 7) is 0. The lowest BCUT2D eigenvalue weighted by Crippen LogP contribution is -2.69. The number of sulfonamides is 1. The van der Waals surface area contributed by atoms with E-state index in [-0.39, 0.29) is 0 Å². The third-order valence-electron chi connectivity index (χ3n) is 3.19. The van der Waals surface area contributed by atoms with Crippen molar-refractivity contribution in [3.05, 3.63) is 0 Å². The molecule has 222 valence electrons. The molecule has 0 fully saturated rings. The number of nitrogens with one attached hydrogen (secondary N) is 1. The van der Waals surface area contributed by atoms with E-state index >= 15 is 0 Å². The van der Waals surface area contributed by atoms with Gasteiger partial charge < -0.3 is 0 Å². The van der Waals surface area contributed by atoms with Crippen LogP contribution in [0.25, 0.3) is 0 Å². The number of rotatable bonds is 8. The number of amides is 1. The van der Waals surface area contributed by atoms with Gasteiger partial charge in [0.1, 0.15) is 0 Å². The van der Waals surface area contributed by atoms with Gasteiger partial charge in [0.25, 0.3) is 0 Å². The van der Waals surface area contributed by atoms with E-state index in [1.54, 1.807) is 0 Å². The first-order valence-corrected chi connectivity index (χ1v) is 8.78. The maximum absolute atomic E-state index is 13.9. The van der Waals surface area contributed by atoms with Gasteiger partial charge in [0, 0.05) is 0 Å². The van der Waals surface area contributed by atoms with Gasteiger partial charge in [-0.25, -0.2) is 4.72 Å². The van der Waals surface area contributed by atoms with Crippen LogP contribution in [0.3, 0.4) is 0 Å².